The average molecular weight is 201 g/mol. The molecule has 1 N–H and O–H groups in total. The first-order chi connectivity index (χ1) is 6.77. The second kappa shape index (κ2) is 11.0. The maximum absolute atomic E-state index is 4.95. The van der Waals surface area contributed by atoms with Gasteiger partial charge in [-0.2, -0.15) is 0 Å². The topological polar surface area (TPSA) is 21.3 Å². The molecule has 0 radical (unpaired) electrons. The van der Waals surface area contributed by atoms with E-state index in [1.165, 1.54) is 32.1 Å². The van der Waals surface area contributed by atoms with E-state index >= 15 is 0 Å². The minimum absolute atomic E-state index is 0.827. The molecule has 0 fully saturated rings. The smallest absolute Gasteiger partial charge is 0.0587 e. The van der Waals surface area contributed by atoms with Crippen molar-refractivity contribution in [3.8, 4) is 0 Å². The minimum Gasteiger partial charge on any atom is -0.383 e. The van der Waals surface area contributed by atoms with Gasteiger partial charge in [0.1, 0.15) is 0 Å². The van der Waals surface area contributed by atoms with E-state index in [1.54, 1.807) is 7.11 Å². The summed E-state index contributed by atoms with van der Waals surface area (Å²) in [5, 5.41) is 3.36. The zero-order chi connectivity index (χ0) is 10.6. The highest BCUT2D eigenvalue weighted by molar-refractivity contribution is 4.50. The molecule has 14 heavy (non-hydrogen) atoms. The molecule has 86 valence electrons. The van der Waals surface area contributed by atoms with E-state index in [2.05, 4.69) is 19.2 Å². The Bertz CT molecular complexity index is 104. The Morgan fingerprint density at radius 1 is 1.00 bits per heavy atom. The van der Waals surface area contributed by atoms with Crippen molar-refractivity contribution in [3.63, 3.8) is 0 Å². The number of rotatable bonds is 10. The quantitative estimate of drug-likeness (QED) is 0.549. The van der Waals surface area contributed by atoms with Crippen molar-refractivity contribution in [2.45, 2.75) is 46.0 Å². The van der Waals surface area contributed by atoms with Crippen LogP contribution in [0.4, 0.5) is 0 Å². The van der Waals surface area contributed by atoms with Crippen molar-refractivity contribution in [2.24, 2.45) is 5.92 Å². The van der Waals surface area contributed by atoms with Crippen LogP contribution >= 0.6 is 0 Å². The van der Waals surface area contributed by atoms with Crippen LogP contribution in [-0.2, 0) is 4.74 Å². The second-order valence-corrected chi connectivity index (χ2v) is 4.34. The van der Waals surface area contributed by atoms with Crippen molar-refractivity contribution in [3.05, 3.63) is 0 Å². The predicted octanol–water partition coefficient (Wildman–Crippen LogP) is 2.83. The first kappa shape index (κ1) is 13.9. The normalized spacial score (nSPS) is 11.1. The highest BCUT2D eigenvalue weighted by atomic mass is 16.5. The first-order valence-electron chi connectivity index (χ1n) is 5.97. The van der Waals surface area contributed by atoms with Crippen molar-refractivity contribution in [2.75, 3.05) is 26.8 Å². The molecule has 0 aromatic heterocycles. The molecule has 0 aromatic carbocycles. The Labute approximate surface area is 89.4 Å². The highest BCUT2D eigenvalue weighted by Crippen LogP contribution is 2.08. The van der Waals surface area contributed by atoms with Crippen LogP contribution in [0, 0.1) is 5.92 Å². The summed E-state index contributed by atoms with van der Waals surface area (Å²) in [6, 6.07) is 0. The molecule has 2 nitrogen and oxygen atoms in total. The Morgan fingerprint density at radius 2 is 1.71 bits per heavy atom. The van der Waals surface area contributed by atoms with Gasteiger partial charge in [0, 0.05) is 13.7 Å². The Hall–Kier alpha value is -0.0800. The summed E-state index contributed by atoms with van der Waals surface area (Å²) >= 11 is 0. The molecule has 0 saturated heterocycles. The highest BCUT2D eigenvalue weighted by Gasteiger charge is 1.94. The molecule has 0 saturated carbocycles. The van der Waals surface area contributed by atoms with E-state index in [0.717, 1.165) is 25.6 Å². The first-order valence-corrected chi connectivity index (χ1v) is 5.97. The van der Waals surface area contributed by atoms with Crippen LogP contribution in [0.3, 0.4) is 0 Å². The zero-order valence-corrected chi connectivity index (χ0v) is 10.1. The van der Waals surface area contributed by atoms with Crippen LogP contribution in [-0.4, -0.2) is 26.8 Å². The molecule has 0 amide bonds. The fourth-order valence-electron chi connectivity index (χ4n) is 1.46. The summed E-state index contributed by atoms with van der Waals surface area (Å²) < 4.78 is 4.95. The van der Waals surface area contributed by atoms with Crippen molar-refractivity contribution < 1.29 is 4.74 Å². The molecule has 0 spiro atoms. The lowest BCUT2D eigenvalue weighted by atomic mass is 10.0. The van der Waals surface area contributed by atoms with Crippen molar-refractivity contribution in [1.29, 1.82) is 0 Å². The van der Waals surface area contributed by atoms with E-state index in [4.69, 9.17) is 4.74 Å². The number of methoxy groups -OCH3 is 1. The van der Waals surface area contributed by atoms with Crippen molar-refractivity contribution in [1.82, 2.24) is 5.32 Å². The van der Waals surface area contributed by atoms with Gasteiger partial charge in [0.2, 0.25) is 0 Å². The summed E-state index contributed by atoms with van der Waals surface area (Å²) in [7, 11) is 1.74. The number of ether oxygens (including phenoxy) is 1. The Morgan fingerprint density at radius 3 is 2.36 bits per heavy atom. The van der Waals surface area contributed by atoms with Gasteiger partial charge in [0.05, 0.1) is 6.61 Å². The van der Waals surface area contributed by atoms with Gasteiger partial charge in [-0.15, -0.1) is 0 Å². The van der Waals surface area contributed by atoms with Gasteiger partial charge in [0.15, 0.2) is 0 Å². The maximum atomic E-state index is 4.95. The van der Waals surface area contributed by atoms with Crippen LogP contribution in [0.2, 0.25) is 0 Å². The third-order valence-electron chi connectivity index (χ3n) is 2.37. The fourth-order valence-corrected chi connectivity index (χ4v) is 1.46. The second-order valence-electron chi connectivity index (χ2n) is 4.34. The van der Waals surface area contributed by atoms with Gasteiger partial charge in [0.25, 0.3) is 0 Å². The summed E-state index contributed by atoms with van der Waals surface area (Å²) in [6.45, 7) is 7.56. The van der Waals surface area contributed by atoms with Gasteiger partial charge in [-0.25, -0.2) is 0 Å². The molecule has 0 aromatic rings. The predicted molar refractivity (Wildman–Crippen MR) is 62.7 cm³/mol. The van der Waals surface area contributed by atoms with Crippen LogP contribution in [0.1, 0.15) is 46.0 Å². The summed E-state index contributed by atoms with van der Waals surface area (Å²) in [4.78, 5) is 0. The van der Waals surface area contributed by atoms with E-state index < -0.39 is 0 Å². The van der Waals surface area contributed by atoms with Crippen LogP contribution < -0.4 is 5.32 Å². The molecule has 0 aliphatic heterocycles. The number of hydrogen-bond donors (Lipinski definition) is 1. The molecular weight excluding hydrogens is 174 g/mol. The van der Waals surface area contributed by atoms with Gasteiger partial charge in [-0.05, 0) is 18.9 Å². The molecule has 0 unspecified atom stereocenters. The van der Waals surface area contributed by atoms with E-state index in [9.17, 15) is 0 Å². The summed E-state index contributed by atoms with van der Waals surface area (Å²) in [5.74, 6) is 0.870. The lowest BCUT2D eigenvalue weighted by Gasteiger charge is -2.05. The Kier molecular flexibility index (Phi) is 10.9. The molecular formula is C12H27NO. The zero-order valence-electron chi connectivity index (χ0n) is 10.1. The van der Waals surface area contributed by atoms with Crippen LogP contribution in [0.5, 0.6) is 0 Å². The van der Waals surface area contributed by atoms with E-state index in [-0.39, 0.29) is 0 Å². The number of unbranched alkanes of at least 4 members (excludes halogenated alkanes) is 3. The molecule has 0 aliphatic rings. The van der Waals surface area contributed by atoms with Crippen LogP contribution in [0.25, 0.3) is 0 Å². The minimum atomic E-state index is 0.827. The molecule has 0 rings (SSSR count). The van der Waals surface area contributed by atoms with Crippen molar-refractivity contribution >= 4 is 0 Å². The monoisotopic (exact) mass is 201 g/mol. The van der Waals surface area contributed by atoms with Gasteiger partial charge in [-0.1, -0.05) is 39.5 Å². The summed E-state index contributed by atoms with van der Waals surface area (Å²) in [5.41, 5.74) is 0. The largest absolute Gasteiger partial charge is 0.383 e. The molecule has 0 aliphatic carbocycles. The van der Waals surface area contributed by atoms with E-state index in [1.807, 2.05) is 0 Å². The molecule has 0 heterocycles. The molecule has 0 bridgehead atoms. The third-order valence-corrected chi connectivity index (χ3v) is 2.37. The third kappa shape index (κ3) is 11.9. The molecule has 2 heteroatoms. The van der Waals surface area contributed by atoms with Gasteiger partial charge < -0.3 is 10.1 Å². The van der Waals surface area contributed by atoms with E-state index in [0.29, 0.717) is 0 Å². The van der Waals surface area contributed by atoms with Crippen LogP contribution in [0.15, 0.2) is 0 Å². The van der Waals surface area contributed by atoms with Gasteiger partial charge >= 0.3 is 0 Å². The molecule has 0 atom stereocenters. The Balaban J connectivity index is 2.85. The SMILES string of the molecule is COCCNCCCCCCC(C)C. The fraction of sp³-hybridized carbons (Fsp3) is 1.00. The lowest BCUT2D eigenvalue weighted by molar-refractivity contribution is 0.199. The maximum Gasteiger partial charge on any atom is 0.0587 e. The average Bonchev–Trinajstić information content (AvgIpc) is 2.15. The van der Waals surface area contributed by atoms with Gasteiger partial charge in [-0.3, -0.25) is 0 Å². The summed E-state index contributed by atoms with van der Waals surface area (Å²) in [6.07, 6.45) is 6.85. The lowest BCUT2D eigenvalue weighted by Crippen LogP contribution is -2.20. The number of hydrogen-bond acceptors (Lipinski definition) is 2. The standard InChI is InChI=1S/C12H27NO/c1-12(2)8-6-4-5-7-9-13-10-11-14-3/h12-13H,4-11H2,1-3H3. The number of nitrogens with one attached hydrogen (secondary N) is 1.